The maximum atomic E-state index is 10.1. The van der Waals surface area contributed by atoms with Crippen LogP contribution in [0.25, 0.3) is 0 Å². The van der Waals surface area contributed by atoms with Crippen LogP contribution < -0.4 is 0 Å². The first-order valence-electron chi connectivity index (χ1n) is 20.1. The molecule has 3 heteroatoms. The summed E-state index contributed by atoms with van der Waals surface area (Å²) < 4.78 is 11.9. The van der Waals surface area contributed by atoms with E-state index in [-0.39, 0.29) is 6.10 Å². The molecule has 260 valence electrons. The van der Waals surface area contributed by atoms with Crippen molar-refractivity contribution in [2.45, 2.75) is 238 Å². The highest BCUT2D eigenvalue weighted by Crippen LogP contribution is 2.15. The van der Waals surface area contributed by atoms with Gasteiger partial charge in [-0.25, -0.2) is 0 Å². The van der Waals surface area contributed by atoms with E-state index in [4.69, 9.17) is 9.47 Å². The number of aliphatic hydroxyl groups is 1. The van der Waals surface area contributed by atoms with E-state index >= 15 is 0 Å². The van der Waals surface area contributed by atoms with Crippen LogP contribution in [0, 0.1) is 0 Å². The van der Waals surface area contributed by atoms with Gasteiger partial charge in [0.25, 0.3) is 0 Å². The Morgan fingerprint density at radius 2 is 0.628 bits per heavy atom. The molecule has 1 N–H and O–H groups in total. The number of rotatable bonds is 38. The monoisotopic (exact) mass is 611 g/mol. The van der Waals surface area contributed by atoms with Crippen molar-refractivity contribution >= 4 is 0 Å². The van der Waals surface area contributed by atoms with Gasteiger partial charge in [-0.15, -0.1) is 0 Å². The van der Waals surface area contributed by atoms with E-state index in [1.165, 1.54) is 193 Å². The van der Waals surface area contributed by atoms with Crippen LogP contribution >= 0.6 is 0 Å². The van der Waals surface area contributed by atoms with Crippen molar-refractivity contribution in [1.29, 1.82) is 0 Å². The normalized spacial score (nSPS) is 13.1. The lowest BCUT2D eigenvalue weighted by atomic mass is 10.0. The molecule has 0 amide bonds. The minimum Gasteiger partial charge on any atom is -0.391 e. The molecule has 0 saturated carbocycles. The summed E-state index contributed by atoms with van der Waals surface area (Å²) in [6.45, 7) is 8.48. The number of hydrogen-bond donors (Lipinski definition) is 1. The second-order valence-electron chi connectivity index (χ2n) is 13.8. The zero-order chi connectivity index (χ0) is 31.3. The number of aliphatic hydroxyl groups excluding tert-OH is 1. The third-order valence-electron chi connectivity index (χ3n) is 9.29. The molecule has 0 heterocycles. The van der Waals surface area contributed by atoms with Gasteiger partial charge in [0, 0.05) is 13.2 Å². The van der Waals surface area contributed by atoms with Gasteiger partial charge in [-0.1, -0.05) is 206 Å². The topological polar surface area (TPSA) is 38.7 Å². The molecular formula is C40H82O3. The summed E-state index contributed by atoms with van der Waals surface area (Å²) in [5.74, 6) is 0. The summed E-state index contributed by atoms with van der Waals surface area (Å²) in [5.41, 5.74) is 0. The van der Waals surface area contributed by atoms with Gasteiger partial charge < -0.3 is 14.6 Å². The molecule has 0 radical (unpaired) electrons. The maximum Gasteiger partial charge on any atom is 0.106 e. The Morgan fingerprint density at radius 3 is 0.907 bits per heavy atom. The third-order valence-corrected chi connectivity index (χ3v) is 9.29. The quantitative estimate of drug-likeness (QED) is 0.0707. The minimum absolute atomic E-state index is 0.183. The highest BCUT2D eigenvalue weighted by molar-refractivity contribution is 4.64. The van der Waals surface area contributed by atoms with E-state index in [0.717, 1.165) is 26.1 Å². The third kappa shape index (κ3) is 36.2. The molecule has 0 unspecified atom stereocenters. The van der Waals surface area contributed by atoms with Crippen molar-refractivity contribution in [2.75, 3.05) is 19.8 Å². The van der Waals surface area contributed by atoms with Gasteiger partial charge in [0.1, 0.15) is 6.10 Å². The van der Waals surface area contributed by atoms with E-state index in [0.29, 0.717) is 6.61 Å². The average molecular weight is 611 g/mol. The van der Waals surface area contributed by atoms with Crippen molar-refractivity contribution in [3.05, 3.63) is 0 Å². The molecule has 0 bridgehead atoms. The lowest BCUT2D eigenvalue weighted by Gasteiger charge is -2.20. The van der Waals surface area contributed by atoms with E-state index in [1.807, 2.05) is 6.92 Å². The first-order valence-corrected chi connectivity index (χ1v) is 20.1. The molecule has 0 aliphatic heterocycles. The summed E-state index contributed by atoms with van der Waals surface area (Å²) in [7, 11) is 0. The standard InChI is InChI=1S/C40H82O3/c1-4-6-8-10-12-14-16-18-20-22-24-26-28-30-32-34-36-42-38-40(39(3)41)43-37-35-33-31-29-27-25-23-21-19-17-15-13-11-9-7-5-2/h39-41H,4-38H2,1-3H3/t39-,40+/m0/s1. The predicted octanol–water partition coefficient (Wildman–Crippen LogP) is 13.3. The van der Waals surface area contributed by atoms with E-state index < -0.39 is 6.10 Å². The molecule has 0 aromatic rings. The molecule has 0 aliphatic rings. The fourth-order valence-electron chi connectivity index (χ4n) is 6.16. The molecule has 0 fully saturated rings. The van der Waals surface area contributed by atoms with Gasteiger partial charge in [0.2, 0.25) is 0 Å². The van der Waals surface area contributed by atoms with Crippen LogP contribution in [0.2, 0.25) is 0 Å². The Labute approximate surface area is 272 Å². The summed E-state index contributed by atoms with van der Waals surface area (Å²) >= 11 is 0. The Morgan fingerprint density at radius 1 is 0.372 bits per heavy atom. The zero-order valence-electron chi connectivity index (χ0n) is 30.2. The van der Waals surface area contributed by atoms with E-state index in [2.05, 4.69) is 13.8 Å². The van der Waals surface area contributed by atoms with Crippen LogP contribution in [-0.2, 0) is 9.47 Å². The lowest BCUT2D eigenvalue weighted by Crippen LogP contribution is -2.31. The van der Waals surface area contributed by atoms with Crippen LogP contribution in [0.1, 0.15) is 226 Å². The summed E-state index contributed by atoms with van der Waals surface area (Å²) in [6, 6.07) is 0. The Hall–Kier alpha value is -0.120. The second-order valence-corrected chi connectivity index (χ2v) is 13.8. The van der Waals surface area contributed by atoms with Crippen molar-refractivity contribution in [1.82, 2.24) is 0 Å². The average Bonchev–Trinajstić information content (AvgIpc) is 3.00. The molecule has 0 aliphatic carbocycles. The molecule has 0 aromatic heterocycles. The van der Waals surface area contributed by atoms with Crippen molar-refractivity contribution in [3.63, 3.8) is 0 Å². The van der Waals surface area contributed by atoms with Gasteiger partial charge in [-0.05, 0) is 19.8 Å². The second kappa shape index (κ2) is 38.1. The highest BCUT2D eigenvalue weighted by Gasteiger charge is 2.15. The summed E-state index contributed by atoms with van der Waals surface area (Å²) in [4.78, 5) is 0. The van der Waals surface area contributed by atoms with Gasteiger partial charge in [-0.2, -0.15) is 0 Å². The maximum absolute atomic E-state index is 10.1. The number of hydrogen-bond acceptors (Lipinski definition) is 3. The fraction of sp³-hybridized carbons (Fsp3) is 1.00. The predicted molar refractivity (Wildman–Crippen MR) is 191 cm³/mol. The largest absolute Gasteiger partial charge is 0.391 e. The van der Waals surface area contributed by atoms with Crippen LogP contribution in [-0.4, -0.2) is 37.1 Å². The van der Waals surface area contributed by atoms with Crippen LogP contribution in [0.5, 0.6) is 0 Å². The van der Waals surface area contributed by atoms with Crippen LogP contribution in [0.4, 0.5) is 0 Å². The smallest absolute Gasteiger partial charge is 0.106 e. The van der Waals surface area contributed by atoms with Crippen molar-refractivity contribution in [3.8, 4) is 0 Å². The zero-order valence-corrected chi connectivity index (χ0v) is 30.2. The fourth-order valence-corrected chi connectivity index (χ4v) is 6.16. The van der Waals surface area contributed by atoms with E-state index in [9.17, 15) is 5.11 Å². The SMILES string of the molecule is CCCCCCCCCCCCCCCCCCOC[C@@H](OCCCCCCCCCCCCCCCCCC)[C@H](C)O. The Bertz CT molecular complexity index is 480. The van der Waals surface area contributed by atoms with Gasteiger partial charge >= 0.3 is 0 Å². The first kappa shape index (κ1) is 42.9. The van der Waals surface area contributed by atoms with Gasteiger partial charge in [0.05, 0.1) is 12.7 Å². The summed E-state index contributed by atoms with van der Waals surface area (Å²) in [6.07, 6.45) is 43.7. The van der Waals surface area contributed by atoms with Gasteiger partial charge in [-0.3, -0.25) is 0 Å². The minimum atomic E-state index is -0.466. The number of ether oxygens (including phenoxy) is 2. The van der Waals surface area contributed by atoms with Gasteiger partial charge in [0.15, 0.2) is 0 Å². The number of unbranched alkanes of at least 4 members (excludes halogenated alkanes) is 30. The summed E-state index contributed by atoms with van der Waals surface area (Å²) in [5, 5.41) is 10.1. The lowest BCUT2D eigenvalue weighted by molar-refractivity contribution is -0.0745. The van der Waals surface area contributed by atoms with Crippen LogP contribution in [0.15, 0.2) is 0 Å². The van der Waals surface area contributed by atoms with Crippen molar-refractivity contribution in [2.24, 2.45) is 0 Å². The highest BCUT2D eigenvalue weighted by atomic mass is 16.5. The first-order chi connectivity index (χ1) is 21.2. The molecule has 0 rings (SSSR count). The van der Waals surface area contributed by atoms with Crippen LogP contribution in [0.3, 0.4) is 0 Å². The van der Waals surface area contributed by atoms with Crippen molar-refractivity contribution < 1.29 is 14.6 Å². The molecule has 0 saturated heterocycles. The molecule has 0 aromatic carbocycles. The Balaban J connectivity index is 3.35. The molecule has 43 heavy (non-hydrogen) atoms. The molecule has 2 atom stereocenters. The molecule has 3 nitrogen and oxygen atoms in total. The molecule has 0 spiro atoms. The van der Waals surface area contributed by atoms with E-state index in [1.54, 1.807) is 0 Å². The molecular weight excluding hydrogens is 528 g/mol. The Kier molecular flexibility index (Phi) is 38.0.